The van der Waals surface area contributed by atoms with E-state index in [4.69, 9.17) is 4.74 Å². The fraction of sp³-hybridized carbons (Fsp3) is 0.750. The lowest BCUT2D eigenvalue weighted by molar-refractivity contribution is 0.227. The van der Waals surface area contributed by atoms with Gasteiger partial charge in [-0.25, -0.2) is 9.97 Å². The predicted octanol–water partition coefficient (Wildman–Crippen LogP) is 4.40. The Morgan fingerprint density at radius 2 is 2.00 bits per heavy atom. The van der Waals surface area contributed by atoms with E-state index in [9.17, 15) is 0 Å². The molecule has 1 aliphatic rings. The van der Waals surface area contributed by atoms with Gasteiger partial charge in [-0.05, 0) is 30.6 Å². The lowest BCUT2D eigenvalue weighted by Gasteiger charge is -2.36. The highest BCUT2D eigenvalue weighted by Crippen LogP contribution is 2.49. The summed E-state index contributed by atoms with van der Waals surface area (Å²) < 4.78 is 5.19. The first kappa shape index (κ1) is 15.7. The third-order valence-electron chi connectivity index (χ3n) is 4.37. The molecule has 0 amide bonds. The smallest absolute Gasteiger partial charge is 0.216 e. The van der Waals surface area contributed by atoms with E-state index < -0.39 is 0 Å². The zero-order chi connectivity index (χ0) is 14.6. The minimum Gasteiger partial charge on any atom is -0.481 e. The molecule has 112 valence electrons. The molecular formula is C16H25BrN2O. The quantitative estimate of drug-likeness (QED) is 0.720. The Bertz CT molecular complexity index is 430. The van der Waals surface area contributed by atoms with Crippen LogP contribution in [0.4, 0.5) is 0 Å². The molecule has 1 saturated carbocycles. The van der Waals surface area contributed by atoms with Gasteiger partial charge in [0.25, 0.3) is 0 Å². The Morgan fingerprint density at radius 3 is 2.60 bits per heavy atom. The van der Waals surface area contributed by atoms with Gasteiger partial charge in [-0.2, -0.15) is 0 Å². The topological polar surface area (TPSA) is 35.0 Å². The number of methoxy groups -OCH3 is 1. The normalized spacial score (nSPS) is 19.2. The summed E-state index contributed by atoms with van der Waals surface area (Å²) in [4.78, 5) is 8.95. The molecule has 0 aromatic carbocycles. The summed E-state index contributed by atoms with van der Waals surface area (Å²) >= 11 is 3.97. The fourth-order valence-electron chi connectivity index (χ4n) is 3.54. The molecule has 2 rings (SSSR count). The Labute approximate surface area is 130 Å². The molecule has 0 aliphatic heterocycles. The molecule has 0 N–H and O–H groups in total. The second kappa shape index (κ2) is 6.88. The van der Waals surface area contributed by atoms with Crippen LogP contribution in [0.2, 0.25) is 0 Å². The van der Waals surface area contributed by atoms with Gasteiger partial charge in [0.2, 0.25) is 5.88 Å². The molecule has 0 radical (unpaired) electrons. The van der Waals surface area contributed by atoms with Crippen molar-refractivity contribution in [1.29, 1.82) is 0 Å². The molecular weight excluding hydrogens is 316 g/mol. The van der Waals surface area contributed by atoms with Crippen LogP contribution < -0.4 is 4.74 Å². The van der Waals surface area contributed by atoms with Crippen molar-refractivity contribution in [3.8, 4) is 5.88 Å². The Balaban J connectivity index is 2.09. The van der Waals surface area contributed by atoms with Gasteiger partial charge < -0.3 is 4.74 Å². The molecule has 1 atom stereocenters. The summed E-state index contributed by atoms with van der Waals surface area (Å²) in [7, 11) is 1.65. The molecule has 0 bridgehead atoms. The van der Waals surface area contributed by atoms with E-state index in [2.05, 4.69) is 39.7 Å². The summed E-state index contributed by atoms with van der Waals surface area (Å²) in [6.45, 7) is 4.65. The molecule has 1 aromatic heterocycles. The first-order chi connectivity index (χ1) is 9.55. The van der Waals surface area contributed by atoms with Crippen molar-refractivity contribution >= 4 is 15.9 Å². The van der Waals surface area contributed by atoms with Gasteiger partial charge in [0.1, 0.15) is 6.33 Å². The van der Waals surface area contributed by atoms with Crippen LogP contribution in [-0.4, -0.2) is 21.9 Å². The number of halogens is 1. The summed E-state index contributed by atoms with van der Waals surface area (Å²) in [6, 6.07) is 1.95. The van der Waals surface area contributed by atoms with Crippen molar-refractivity contribution in [2.45, 2.75) is 57.2 Å². The second-order valence-corrected chi connectivity index (χ2v) is 7.50. The minimum absolute atomic E-state index is 0.437. The van der Waals surface area contributed by atoms with Gasteiger partial charge in [-0.1, -0.05) is 42.6 Å². The van der Waals surface area contributed by atoms with Crippen molar-refractivity contribution in [2.24, 2.45) is 11.3 Å². The van der Waals surface area contributed by atoms with Gasteiger partial charge in [0, 0.05) is 23.0 Å². The number of alkyl halides is 1. The number of nitrogens with zero attached hydrogens (tertiary/aromatic N) is 2. The Hall–Kier alpha value is -0.640. The molecule has 3 nitrogen and oxygen atoms in total. The molecule has 1 unspecified atom stereocenters. The van der Waals surface area contributed by atoms with Gasteiger partial charge in [-0.15, -0.1) is 0 Å². The predicted molar refractivity (Wildman–Crippen MR) is 85.4 cm³/mol. The number of hydrogen-bond acceptors (Lipinski definition) is 3. The van der Waals surface area contributed by atoms with Crippen molar-refractivity contribution in [3.63, 3.8) is 0 Å². The van der Waals surface area contributed by atoms with Crippen LogP contribution in [-0.2, 0) is 6.42 Å². The van der Waals surface area contributed by atoms with Gasteiger partial charge in [0.05, 0.1) is 7.11 Å². The van der Waals surface area contributed by atoms with Crippen LogP contribution in [0.25, 0.3) is 0 Å². The van der Waals surface area contributed by atoms with Gasteiger partial charge in [0.15, 0.2) is 0 Å². The van der Waals surface area contributed by atoms with Crippen LogP contribution in [0, 0.1) is 11.3 Å². The molecule has 0 saturated heterocycles. The monoisotopic (exact) mass is 340 g/mol. The average molecular weight is 341 g/mol. The maximum absolute atomic E-state index is 5.19. The highest BCUT2D eigenvalue weighted by Gasteiger charge is 2.40. The largest absolute Gasteiger partial charge is 0.481 e. The maximum atomic E-state index is 5.19. The van der Waals surface area contributed by atoms with Crippen LogP contribution >= 0.6 is 15.9 Å². The summed E-state index contributed by atoms with van der Waals surface area (Å²) in [5, 5.41) is 0. The van der Waals surface area contributed by atoms with Crippen LogP contribution in [0.3, 0.4) is 0 Å². The zero-order valence-electron chi connectivity index (χ0n) is 12.7. The average Bonchev–Trinajstić information content (AvgIpc) is 2.88. The zero-order valence-corrected chi connectivity index (χ0v) is 14.3. The SMILES string of the molecule is COc1cc(CC(Br)C2(CC(C)C)CCCC2)ncn1. The standard InChI is InChI=1S/C16H25BrN2O/c1-12(2)10-16(6-4-5-7-16)14(17)8-13-9-15(20-3)19-11-18-13/h9,11-12,14H,4-8,10H2,1-3H3. The van der Waals surface area contributed by atoms with E-state index in [0.717, 1.165) is 18.0 Å². The first-order valence-corrected chi connectivity index (χ1v) is 8.46. The minimum atomic E-state index is 0.437. The van der Waals surface area contributed by atoms with Crippen molar-refractivity contribution < 1.29 is 4.74 Å². The van der Waals surface area contributed by atoms with E-state index in [0.29, 0.717) is 16.1 Å². The number of rotatable bonds is 6. The molecule has 0 spiro atoms. The highest BCUT2D eigenvalue weighted by molar-refractivity contribution is 9.09. The van der Waals surface area contributed by atoms with Crippen LogP contribution in [0.1, 0.15) is 51.6 Å². The van der Waals surface area contributed by atoms with E-state index in [-0.39, 0.29) is 0 Å². The van der Waals surface area contributed by atoms with Crippen LogP contribution in [0.15, 0.2) is 12.4 Å². The second-order valence-electron chi connectivity index (χ2n) is 6.39. The third-order valence-corrected chi connectivity index (χ3v) is 5.67. The Kier molecular flexibility index (Phi) is 5.42. The molecule has 1 heterocycles. The van der Waals surface area contributed by atoms with Crippen LogP contribution in [0.5, 0.6) is 5.88 Å². The third kappa shape index (κ3) is 3.72. The number of aromatic nitrogens is 2. The number of hydrogen-bond donors (Lipinski definition) is 0. The maximum Gasteiger partial charge on any atom is 0.216 e. The molecule has 4 heteroatoms. The lowest BCUT2D eigenvalue weighted by Crippen LogP contribution is -2.31. The summed E-state index contributed by atoms with van der Waals surface area (Å²) in [6.07, 6.45) is 9.24. The summed E-state index contributed by atoms with van der Waals surface area (Å²) in [5.41, 5.74) is 1.50. The Morgan fingerprint density at radius 1 is 1.30 bits per heavy atom. The summed E-state index contributed by atoms with van der Waals surface area (Å²) in [5.74, 6) is 1.40. The lowest BCUT2D eigenvalue weighted by atomic mass is 9.74. The van der Waals surface area contributed by atoms with E-state index >= 15 is 0 Å². The number of ether oxygens (including phenoxy) is 1. The van der Waals surface area contributed by atoms with Crippen molar-refractivity contribution in [3.05, 3.63) is 18.1 Å². The first-order valence-electron chi connectivity index (χ1n) is 7.55. The molecule has 1 aromatic rings. The van der Waals surface area contributed by atoms with Gasteiger partial charge in [-0.3, -0.25) is 0 Å². The van der Waals surface area contributed by atoms with E-state index in [1.165, 1.54) is 32.1 Å². The molecule has 1 aliphatic carbocycles. The van der Waals surface area contributed by atoms with E-state index in [1.54, 1.807) is 13.4 Å². The highest BCUT2D eigenvalue weighted by atomic mass is 79.9. The fourth-order valence-corrected chi connectivity index (χ4v) is 4.51. The van der Waals surface area contributed by atoms with Crippen molar-refractivity contribution in [2.75, 3.05) is 7.11 Å². The van der Waals surface area contributed by atoms with Crippen molar-refractivity contribution in [1.82, 2.24) is 9.97 Å². The van der Waals surface area contributed by atoms with E-state index in [1.807, 2.05) is 6.07 Å². The molecule has 1 fully saturated rings. The van der Waals surface area contributed by atoms with Gasteiger partial charge >= 0.3 is 0 Å². The molecule has 20 heavy (non-hydrogen) atoms.